The predicted octanol–water partition coefficient (Wildman–Crippen LogP) is 2.98. The molecule has 9 heteroatoms. The number of nitrogens with zero attached hydrogens (tertiary/aromatic N) is 3. The van der Waals surface area contributed by atoms with Gasteiger partial charge in [-0.3, -0.25) is 4.79 Å². The zero-order valence-electron chi connectivity index (χ0n) is 14.3. The van der Waals surface area contributed by atoms with E-state index in [0.29, 0.717) is 16.9 Å². The van der Waals surface area contributed by atoms with E-state index in [2.05, 4.69) is 10.2 Å². The highest BCUT2D eigenvalue weighted by Gasteiger charge is 2.40. The molecular formula is C18H15N3O4S2. The molecule has 0 bridgehead atoms. The maximum atomic E-state index is 12.5. The molecule has 0 atom stereocenters. The summed E-state index contributed by atoms with van der Waals surface area (Å²) in [4.78, 5) is 12.4. The number of benzene rings is 2. The standard InChI is InChI=1S/C18H15N3O4S2/c1-12-5-4-6-13(11-12)16-19-20-18(25-16)26-10-9-21-17(22)14-7-2-3-8-15(14)27(21,23)24/h2-8,11H,9-10H2,1H3. The number of thioether (sulfide) groups is 1. The summed E-state index contributed by atoms with van der Waals surface area (Å²) in [7, 11) is -3.79. The lowest BCUT2D eigenvalue weighted by Crippen LogP contribution is -2.32. The van der Waals surface area contributed by atoms with Crippen molar-refractivity contribution in [3.8, 4) is 11.5 Å². The van der Waals surface area contributed by atoms with Crippen LogP contribution in [0.25, 0.3) is 11.5 Å². The third-order valence-corrected chi connectivity index (χ3v) is 6.74. The van der Waals surface area contributed by atoms with Crippen LogP contribution in [0, 0.1) is 6.92 Å². The van der Waals surface area contributed by atoms with Crippen molar-refractivity contribution < 1.29 is 17.6 Å². The van der Waals surface area contributed by atoms with Gasteiger partial charge < -0.3 is 4.42 Å². The van der Waals surface area contributed by atoms with Crippen molar-refractivity contribution in [3.63, 3.8) is 0 Å². The fraction of sp³-hybridized carbons (Fsp3) is 0.167. The lowest BCUT2D eigenvalue weighted by atomic mass is 10.1. The molecular weight excluding hydrogens is 386 g/mol. The molecule has 1 aliphatic rings. The van der Waals surface area contributed by atoms with Crippen molar-refractivity contribution in [2.75, 3.05) is 12.3 Å². The summed E-state index contributed by atoms with van der Waals surface area (Å²) in [5.41, 5.74) is 2.11. The number of aromatic nitrogens is 2. The van der Waals surface area contributed by atoms with Crippen LogP contribution in [0.3, 0.4) is 0 Å². The Kier molecular flexibility index (Phi) is 4.48. The fourth-order valence-corrected chi connectivity index (χ4v) is 5.20. The molecule has 0 saturated carbocycles. The highest BCUT2D eigenvalue weighted by atomic mass is 32.2. The van der Waals surface area contributed by atoms with Gasteiger partial charge in [-0.15, -0.1) is 10.2 Å². The first-order chi connectivity index (χ1) is 13.0. The van der Waals surface area contributed by atoms with Gasteiger partial charge in [0.2, 0.25) is 5.89 Å². The van der Waals surface area contributed by atoms with E-state index < -0.39 is 15.9 Å². The van der Waals surface area contributed by atoms with E-state index in [9.17, 15) is 13.2 Å². The predicted molar refractivity (Wildman–Crippen MR) is 99.9 cm³/mol. The summed E-state index contributed by atoms with van der Waals surface area (Å²) in [6, 6.07) is 13.9. The summed E-state index contributed by atoms with van der Waals surface area (Å²) in [5, 5.41) is 8.32. The third kappa shape index (κ3) is 3.24. The number of carbonyl (C=O) groups is 1. The Hall–Kier alpha value is -2.65. The molecule has 2 aromatic carbocycles. The Labute approximate surface area is 160 Å². The van der Waals surface area contributed by atoms with E-state index in [1.165, 1.54) is 23.9 Å². The van der Waals surface area contributed by atoms with Crippen LogP contribution < -0.4 is 0 Å². The molecule has 7 nitrogen and oxygen atoms in total. The number of hydrogen-bond donors (Lipinski definition) is 0. The van der Waals surface area contributed by atoms with E-state index in [4.69, 9.17) is 4.42 Å². The van der Waals surface area contributed by atoms with Crippen LogP contribution in [0.1, 0.15) is 15.9 Å². The summed E-state index contributed by atoms with van der Waals surface area (Å²) >= 11 is 1.21. The quantitative estimate of drug-likeness (QED) is 0.607. The largest absolute Gasteiger partial charge is 0.411 e. The van der Waals surface area contributed by atoms with Crippen molar-refractivity contribution in [3.05, 3.63) is 59.7 Å². The molecule has 0 unspecified atom stereocenters. The van der Waals surface area contributed by atoms with Crippen LogP contribution in [-0.2, 0) is 10.0 Å². The Bertz CT molecular complexity index is 1120. The maximum absolute atomic E-state index is 12.5. The molecule has 27 heavy (non-hydrogen) atoms. The van der Waals surface area contributed by atoms with E-state index in [1.807, 2.05) is 31.2 Å². The second-order valence-electron chi connectivity index (χ2n) is 5.97. The zero-order chi connectivity index (χ0) is 19.0. The van der Waals surface area contributed by atoms with Crippen molar-refractivity contribution in [2.45, 2.75) is 17.0 Å². The average molecular weight is 401 g/mol. The van der Waals surface area contributed by atoms with Crippen molar-refractivity contribution in [2.24, 2.45) is 0 Å². The van der Waals surface area contributed by atoms with Crippen molar-refractivity contribution in [1.29, 1.82) is 0 Å². The first kappa shape index (κ1) is 17.7. The molecule has 0 N–H and O–H groups in total. The van der Waals surface area contributed by atoms with E-state index in [-0.39, 0.29) is 17.0 Å². The molecule has 0 fully saturated rings. The van der Waals surface area contributed by atoms with Crippen molar-refractivity contribution in [1.82, 2.24) is 14.5 Å². The number of carbonyl (C=O) groups excluding carboxylic acids is 1. The average Bonchev–Trinajstić information content (AvgIpc) is 3.20. The first-order valence-corrected chi connectivity index (χ1v) is 10.6. The number of sulfonamides is 1. The maximum Gasteiger partial charge on any atom is 0.276 e. The van der Waals surface area contributed by atoms with Gasteiger partial charge in [-0.1, -0.05) is 41.6 Å². The molecule has 1 aliphatic heterocycles. The van der Waals surface area contributed by atoms with Crippen molar-refractivity contribution >= 4 is 27.7 Å². The smallest absolute Gasteiger partial charge is 0.276 e. The second-order valence-corrected chi connectivity index (χ2v) is 8.85. The van der Waals surface area contributed by atoms with Gasteiger partial charge in [0.25, 0.3) is 21.2 Å². The van der Waals surface area contributed by atoms with Crippen LogP contribution in [0.4, 0.5) is 0 Å². The normalized spacial score (nSPS) is 15.1. The summed E-state index contributed by atoms with van der Waals surface area (Å²) < 4.78 is 31.5. The van der Waals surface area contributed by atoms with Crippen LogP contribution in [0.5, 0.6) is 0 Å². The van der Waals surface area contributed by atoms with Gasteiger partial charge in [0, 0.05) is 17.9 Å². The minimum atomic E-state index is -3.79. The van der Waals surface area contributed by atoms with Gasteiger partial charge in [-0.05, 0) is 31.2 Å². The van der Waals surface area contributed by atoms with E-state index in [1.54, 1.807) is 12.1 Å². The lowest BCUT2D eigenvalue weighted by molar-refractivity contribution is 0.0876. The number of hydrogen-bond acceptors (Lipinski definition) is 7. The van der Waals surface area contributed by atoms with E-state index in [0.717, 1.165) is 15.4 Å². The number of aryl methyl sites for hydroxylation is 1. The van der Waals surface area contributed by atoms with Gasteiger partial charge in [0.15, 0.2) is 0 Å². The lowest BCUT2D eigenvalue weighted by Gasteiger charge is -2.13. The molecule has 2 heterocycles. The number of amides is 1. The Morgan fingerprint density at radius 1 is 1.11 bits per heavy atom. The molecule has 3 aromatic rings. The van der Waals surface area contributed by atoms with E-state index >= 15 is 0 Å². The first-order valence-electron chi connectivity index (χ1n) is 8.16. The summed E-state index contributed by atoms with van der Waals surface area (Å²) in [6.45, 7) is 2.00. The molecule has 0 aliphatic carbocycles. The Balaban J connectivity index is 1.43. The Morgan fingerprint density at radius 2 is 1.93 bits per heavy atom. The number of rotatable bonds is 5. The molecule has 138 valence electrons. The SMILES string of the molecule is Cc1cccc(-c2nnc(SCCN3C(=O)c4ccccc4S3(=O)=O)o2)c1. The highest BCUT2D eigenvalue weighted by Crippen LogP contribution is 2.30. The minimum absolute atomic E-state index is 0.0304. The molecule has 0 radical (unpaired) electrons. The second kappa shape index (κ2) is 6.82. The van der Waals surface area contributed by atoms with Crippen LogP contribution in [0.2, 0.25) is 0 Å². The van der Waals surface area contributed by atoms with Crippen LogP contribution in [0.15, 0.2) is 63.1 Å². The van der Waals surface area contributed by atoms with Crippen LogP contribution >= 0.6 is 11.8 Å². The molecule has 4 rings (SSSR count). The van der Waals surface area contributed by atoms with Gasteiger partial charge in [0.05, 0.1) is 5.56 Å². The van der Waals surface area contributed by atoms with Gasteiger partial charge in [-0.2, -0.15) is 0 Å². The van der Waals surface area contributed by atoms with Crippen LogP contribution in [-0.4, -0.2) is 41.1 Å². The highest BCUT2D eigenvalue weighted by molar-refractivity contribution is 7.99. The minimum Gasteiger partial charge on any atom is -0.411 e. The third-order valence-electron chi connectivity index (χ3n) is 4.10. The fourth-order valence-electron chi connectivity index (χ4n) is 2.83. The molecule has 1 amide bonds. The van der Waals surface area contributed by atoms with Gasteiger partial charge >= 0.3 is 0 Å². The summed E-state index contributed by atoms with van der Waals surface area (Å²) in [5.74, 6) is 0.213. The topological polar surface area (TPSA) is 93.4 Å². The zero-order valence-corrected chi connectivity index (χ0v) is 16.0. The molecule has 1 aromatic heterocycles. The Morgan fingerprint density at radius 3 is 2.70 bits per heavy atom. The summed E-state index contributed by atoms with van der Waals surface area (Å²) in [6.07, 6.45) is 0. The molecule has 0 saturated heterocycles. The van der Waals surface area contributed by atoms with Gasteiger partial charge in [-0.25, -0.2) is 12.7 Å². The monoisotopic (exact) mass is 401 g/mol. The number of fused-ring (bicyclic) bond motifs is 1. The molecule has 0 spiro atoms. The van der Waals surface area contributed by atoms with Gasteiger partial charge in [0.1, 0.15) is 4.90 Å².